The highest BCUT2D eigenvalue weighted by Crippen LogP contribution is 2.78. The van der Waals surface area contributed by atoms with E-state index < -0.39 is 59.9 Å². The second-order valence-corrected chi connectivity index (χ2v) is 7.91. The van der Waals surface area contributed by atoms with Gasteiger partial charge in [0, 0.05) is 17.4 Å². The number of alkyl halides is 6. The van der Waals surface area contributed by atoms with E-state index in [0.717, 1.165) is 0 Å². The molecule has 0 radical (unpaired) electrons. The van der Waals surface area contributed by atoms with Gasteiger partial charge in [-0.05, 0) is 25.2 Å². The third-order valence-electron chi connectivity index (χ3n) is 6.27. The van der Waals surface area contributed by atoms with Crippen molar-refractivity contribution in [2.24, 2.45) is 29.1 Å². The Balaban J connectivity index is 1.60. The van der Waals surface area contributed by atoms with Gasteiger partial charge in [-0.2, -0.15) is 26.3 Å². The number of hydrogen-bond donors (Lipinski definition) is 0. The van der Waals surface area contributed by atoms with Crippen molar-refractivity contribution in [3.63, 3.8) is 0 Å². The monoisotopic (exact) mass is 428 g/mol. The minimum atomic E-state index is -5.90. The first kappa shape index (κ1) is 20.0. The fourth-order valence-corrected chi connectivity index (χ4v) is 5.22. The molecular formula is C17H14F6O6. The molecule has 4 aliphatic rings. The lowest BCUT2D eigenvalue weighted by Gasteiger charge is -2.29. The van der Waals surface area contributed by atoms with Crippen molar-refractivity contribution in [2.45, 2.75) is 44.0 Å². The first-order valence-electron chi connectivity index (χ1n) is 8.63. The van der Waals surface area contributed by atoms with Crippen LogP contribution in [0.25, 0.3) is 0 Å². The maximum absolute atomic E-state index is 12.8. The SMILES string of the molecule is C=C(C)C(=O)OC1C2OC(=O)C3(C(=O)OC(C(F)(F)F)C(F)(F)F)CC4C1C4C23. The molecule has 6 nitrogen and oxygen atoms in total. The van der Waals surface area contributed by atoms with Crippen LogP contribution < -0.4 is 0 Å². The summed E-state index contributed by atoms with van der Waals surface area (Å²) in [4.78, 5) is 36.7. The molecule has 0 aromatic rings. The Bertz CT molecular complexity index is 804. The van der Waals surface area contributed by atoms with Crippen molar-refractivity contribution in [3.05, 3.63) is 12.2 Å². The quantitative estimate of drug-likeness (QED) is 0.225. The molecule has 4 rings (SSSR count). The molecule has 7 atom stereocenters. The van der Waals surface area contributed by atoms with Gasteiger partial charge in [-0.25, -0.2) is 4.79 Å². The van der Waals surface area contributed by atoms with E-state index in [-0.39, 0.29) is 29.7 Å². The van der Waals surface area contributed by atoms with Crippen LogP contribution in [0, 0.1) is 29.1 Å². The summed E-state index contributed by atoms with van der Waals surface area (Å²) in [7, 11) is 0. The van der Waals surface area contributed by atoms with Crippen LogP contribution >= 0.6 is 0 Å². The molecule has 12 heteroatoms. The third-order valence-corrected chi connectivity index (χ3v) is 6.27. The first-order chi connectivity index (χ1) is 13.2. The molecular weight excluding hydrogens is 414 g/mol. The van der Waals surface area contributed by atoms with E-state index >= 15 is 0 Å². The predicted octanol–water partition coefficient (Wildman–Crippen LogP) is 2.32. The number of carbonyl (C=O) groups is 3. The average molecular weight is 428 g/mol. The lowest BCUT2D eigenvalue weighted by Crippen LogP contribution is -2.50. The molecule has 0 aromatic carbocycles. The number of esters is 3. The van der Waals surface area contributed by atoms with Gasteiger partial charge in [-0.3, -0.25) is 9.59 Å². The summed E-state index contributed by atoms with van der Waals surface area (Å²) in [6, 6.07) is 0. The standard InChI is InChI=1S/C17H14F6O6/c1-4(2)11(24)27-9-7-5-3-15(8(6(5)7)10(9)28-13(15)25)14(26)29-12(16(18,19)20)17(21,22)23/h5-10,12H,1,3H2,2H3. The predicted molar refractivity (Wildman–Crippen MR) is 77.6 cm³/mol. The smallest absolute Gasteiger partial charge is 0.434 e. The summed E-state index contributed by atoms with van der Waals surface area (Å²) in [5, 5.41) is 0. The number of rotatable bonds is 4. The van der Waals surface area contributed by atoms with Crippen LogP contribution in [0.5, 0.6) is 0 Å². The van der Waals surface area contributed by atoms with Crippen LogP contribution in [0.3, 0.4) is 0 Å². The average Bonchev–Trinajstić information content (AvgIpc) is 2.85. The van der Waals surface area contributed by atoms with E-state index in [1.165, 1.54) is 6.92 Å². The fraction of sp³-hybridized carbons (Fsp3) is 0.706. The summed E-state index contributed by atoms with van der Waals surface area (Å²) >= 11 is 0. The number of halogens is 6. The van der Waals surface area contributed by atoms with Crippen molar-refractivity contribution >= 4 is 17.9 Å². The molecule has 3 saturated carbocycles. The van der Waals surface area contributed by atoms with Crippen molar-refractivity contribution in [1.29, 1.82) is 0 Å². The van der Waals surface area contributed by atoms with Gasteiger partial charge in [0.15, 0.2) is 5.41 Å². The number of fused-ring (bicyclic) bond motifs is 1. The zero-order chi connectivity index (χ0) is 21.7. The second kappa shape index (κ2) is 5.66. The minimum absolute atomic E-state index is 0.0645. The lowest BCUT2D eigenvalue weighted by atomic mass is 9.76. The third kappa shape index (κ3) is 2.59. The fourth-order valence-electron chi connectivity index (χ4n) is 5.22. The molecule has 29 heavy (non-hydrogen) atoms. The molecule has 1 saturated heterocycles. The van der Waals surface area contributed by atoms with Gasteiger partial charge < -0.3 is 14.2 Å². The zero-order valence-corrected chi connectivity index (χ0v) is 14.7. The maximum atomic E-state index is 12.8. The van der Waals surface area contributed by atoms with Gasteiger partial charge in [0.25, 0.3) is 6.10 Å². The summed E-state index contributed by atoms with van der Waals surface area (Å²) < 4.78 is 90.8. The molecule has 1 heterocycles. The highest BCUT2D eigenvalue weighted by atomic mass is 19.4. The van der Waals surface area contributed by atoms with Crippen molar-refractivity contribution < 1.29 is 54.9 Å². The Hall–Kier alpha value is -2.27. The highest BCUT2D eigenvalue weighted by Gasteiger charge is 2.87. The Labute approximate surface area is 159 Å². The van der Waals surface area contributed by atoms with E-state index in [9.17, 15) is 40.7 Å². The number of ether oxygens (including phenoxy) is 3. The Morgan fingerprint density at radius 1 is 1.17 bits per heavy atom. The van der Waals surface area contributed by atoms with E-state index in [4.69, 9.17) is 9.47 Å². The van der Waals surface area contributed by atoms with Gasteiger partial charge in [-0.15, -0.1) is 0 Å². The molecule has 0 N–H and O–H groups in total. The number of hydrogen-bond acceptors (Lipinski definition) is 6. The Kier molecular flexibility index (Phi) is 3.91. The van der Waals surface area contributed by atoms with Crippen LogP contribution in [0.4, 0.5) is 26.3 Å². The van der Waals surface area contributed by atoms with Crippen LogP contribution in [-0.4, -0.2) is 48.6 Å². The molecule has 1 aliphatic heterocycles. The summed E-state index contributed by atoms with van der Waals surface area (Å²) in [5.74, 6) is -5.93. The van der Waals surface area contributed by atoms with Crippen LogP contribution in [0.1, 0.15) is 13.3 Å². The topological polar surface area (TPSA) is 78.9 Å². The normalized spacial score (nSPS) is 39.2. The van der Waals surface area contributed by atoms with E-state index in [0.29, 0.717) is 0 Å². The molecule has 0 amide bonds. The van der Waals surface area contributed by atoms with Crippen molar-refractivity contribution in [1.82, 2.24) is 0 Å². The zero-order valence-electron chi connectivity index (χ0n) is 14.7. The molecule has 7 unspecified atom stereocenters. The van der Waals surface area contributed by atoms with Gasteiger partial charge in [0.2, 0.25) is 0 Å². The van der Waals surface area contributed by atoms with Crippen LogP contribution in [0.15, 0.2) is 12.2 Å². The summed E-state index contributed by atoms with van der Waals surface area (Å²) in [6.45, 7) is 4.80. The van der Waals surface area contributed by atoms with Gasteiger partial charge in [0.05, 0.1) is 0 Å². The molecule has 0 aromatic heterocycles. The lowest BCUT2D eigenvalue weighted by molar-refractivity contribution is -0.315. The van der Waals surface area contributed by atoms with Crippen molar-refractivity contribution in [3.8, 4) is 0 Å². The van der Waals surface area contributed by atoms with Crippen LogP contribution in [0.2, 0.25) is 0 Å². The van der Waals surface area contributed by atoms with Gasteiger partial charge >= 0.3 is 30.3 Å². The van der Waals surface area contributed by atoms with E-state index in [1.807, 2.05) is 0 Å². The summed E-state index contributed by atoms with van der Waals surface area (Å²) in [5.41, 5.74) is -2.19. The van der Waals surface area contributed by atoms with Gasteiger partial charge in [0.1, 0.15) is 12.2 Å². The number of carbonyl (C=O) groups excluding carboxylic acids is 3. The molecule has 4 fully saturated rings. The minimum Gasteiger partial charge on any atom is -0.457 e. The van der Waals surface area contributed by atoms with Crippen molar-refractivity contribution in [2.75, 3.05) is 0 Å². The maximum Gasteiger partial charge on any atom is 0.434 e. The first-order valence-corrected chi connectivity index (χ1v) is 8.63. The molecule has 0 bridgehead atoms. The molecule has 3 aliphatic carbocycles. The van der Waals surface area contributed by atoms with Gasteiger partial charge in [-0.1, -0.05) is 6.58 Å². The second-order valence-electron chi connectivity index (χ2n) is 7.91. The Morgan fingerprint density at radius 2 is 1.76 bits per heavy atom. The molecule has 160 valence electrons. The molecule has 0 spiro atoms. The largest absolute Gasteiger partial charge is 0.457 e. The summed E-state index contributed by atoms with van der Waals surface area (Å²) in [6.07, 6.45) is -18.5. The van der Waals surface area contributed by atoms with Crippen LogP contribution in [-0.2, 0) is 28.6 Å². The van der Waals surface area contributed by atoms with E-state index in [1.54, 1.807) is 0 Å². The highest BCUT2D eigenvalue weighted by molar-refractivity contribution is 6.03. The Morgan fingerprint density at radius 3 is 2.28 bits per heavy atom. The van der Waals surface area contributed by atoms with E-state index in [2.05, 4.69) is 11.3 Å².